The summed E-state index contributed by atoms with van der Waals surface area (Å²) >= 11 is 3.05. The topological polar surface area (TPSA) is 95.3 Å². The summed E-state index contributed by atoms with van der Waals surface area (Å²) in [6.07, 6.45) is 0.576. The summed E-state index contributed by atoms with van der Waals surface area (Å²) in [6, 6.07) is 12.6. The molecule has 10 heteroatoms. The van der Waals surface area contributed by atoms with Gasteiger partial charge < -0.3 is 14.8 Å². The Kier molecular flexibility index (Phi) is 7.16. The van der Waals surface area contributed by atoms with Gasteiger partial charge in [0.1, 0.15) is 17.2 Å². The van der Waals surface area contributed by atoms with Crippen LogP contribution >= 0.6 is 22.7 Å². The molecule has 1 amide bonds. The molecule has 170 valence electrons. The number of rotatable bonds is 9. The zero-order chi connectivity index (χ0) is 23.2. The van der Waals surface area contributed by atoms with Gasteiger partial charge in [0.2, 0.25) is 5.91 Å². The number of carbonyl (C=O) groups excluding carboxylic acids is 1. The Bertz CT molecular complexity index is 1300. The van der Waals surface area contributed by atoms with Crippen LogP contribution in [0.2, 0.25) is 0 Å². The van der Waals surface area contributed by atoms with Crippen molar-refractivity contribution in [3.63, 3.8) is 0 Å². The maximum atomic E-state index is 12.4. The average molecular weight is 483 g/mol. The fourth-order valence-electron chi connectivity index (χ4n) is 3.16. The number of carbonyl (C=O) groups is 1. The molecule has 0 aliphatic heterocycles. The molecule has 4 aromatic rings. The Morgan fingerprint density at radius 1 is 1.09 bits per heavy atom. The molecular weight excluding hydrogens is 460 g/mol. The smallest absolute Gasteiger partial charge is 0.267 e. The second-order valence-electron chi connectivity index (χ2n) is 7.01. The number of amides is 1. The molecule has 3 aromatic heterocycles. The van der Waals surface area contributed by atoms with Crippen LogP contribution in [0.5, 0.6) is 11.5 Å². The molecule has 0 aliphatic rings. The van der Waals surface area contributed by atoms with Crippen LogP contribution in [0.1, 0.15) is 5.69 Å². The fraction of sp³-hybridized carbons (Fsp3) is 0.217. The van der Waals surface area contributed by atoms with E-state index < -0.39 is 0 Å². The van der Waals surface area contributed by atoms with Crippen LogP contribution in [-0.2, 0) is 17.8 Å². The normalized spacial score (nSPS) is 10.7. The first-order valence-corrected chi connectivity index (χ1v) is 11.9. The van der Waals surface area contributed by atoms with Crippen molar-refractivity contribution in [2.45, 2.75) is 13.0 Å². The minimum absolute atomic E-state index is 0.133. The van der Waals surface area contributed by atoms with Crippen LogP contribution in [-0.4, -0.2) is 41.4 Å². The summed E-state index contributed by atoms with van der Waals surface area (Å²) in [6.45, 7) is 0.277. The van der Waals surface area contributed by atoms with E-state index in [4.69, 9.17) is 9.47 Å². The van der Waals surface area contributed by atoms with Crippen molar-refractivity contribution in [1.82, 2.24) is 20.1 Å². The van der Waals surface area contributed by atoms with Crippen molar-refractivity contribution >= 4 is 28.6 Å². The lowest BCUT2D eigenvalue weighted by Crippen LogP contribution is -2.34. The molecule has 4 rings (SSSR count). The molecule has 8 nitrogen and oxygen atoms in total. The fourth-order valence-corrected chi connectivity index (χ4v) is 4.71. The van der Waals surface area contributed by atoms with Crippen molar-refractivity contribution in [3.8, 4) is 32.6 Å². The molecule has 0 saturated heterocycles. The molecule has 33 heavy (non-hydrogen) atoms. The maximum absolute atomic E-state index is 12.4. The molecule has 0 unspecified atom stereocenters. The Labute approximate surface area is 198 Å². The third-order valence-corrected chi connectivity index (χ3v) is 6.65. The molecule has 0 saturated carbocycles. The highest BCUT2D eigenvalue weighted by molar-refractivity contribution is 7.13. The van der Waals surface area contributed by atoms with Crippen LogP contribution < -0.4 is 20.3 Å². The molecule has 0 fully saturated rings. The van der Waals surface area contributed by atoms with Crippen LogP contribution in [0.15, 0.2) is 58.0 Å². The largest absolute Gasteiger partial charge is 0.493 e. The molecule has 1 aromatic carbocycles. The van der Waals surface area contributed by atoms with Crippen molar-refractivity contribution < 1.29 is 14.3 Å². The van der Waals surface area contributed by atoms with E-state index in [1.807, 2.05) is 41.1 Å². The van der Waals surface area contributed by atoms with Crippen LogP contribution in [0.25, 0.3) is 21.1 Å². The summed E-state index contributed by atoms with van der Waals surface area (Å²) in [5.74, 6) is 1.03. The highest BCUT2D eigenvalue weighted by Crippen LogP contribution is 2.33. The summed E-state index contributed by atoms with van der Waals surface area (Å²) in [7, 11) is 3.19. The van der Waals surface area contributed by atoms with Crippen molar-refractivity contribution in [3.05, 3.63) is 69.3 Å². The SMILES string of the molecule is COc1ccc(-c2nc(CCNC(=O)Cn3nc(-c4cccs4)ccc3=O)cs2)cc1OC. The van der Waals surface area contributed by atoms with Crippen molar-refractivity contribution in [2.24, 2.45) is 0 Å². The van der Waals surface area contributed by atoms with Gasteiger partial charge in [0.05, 0.1) is 24.8 Å². The lowest BCUT2D eigenvalue weighted by molar-refractivity contribution is -0.121. The van der Waals surface area contributed by atoms with Crippen molar-refractivity contribution in [1.29, 1.82) is 0 Å². The van der Waals surface area contributed by atoms with E-state index in [0.717, 1.165) is 21.1 Å². The van der Waals surface area contributed by atoms with Crippen LogP contribution in [0.4, 0.5) is 0 Å². The number of ether oxygens (including phenoxy) is 2. The third-order valence-electron chi connectivity index (χ3n) is 4.82. The quantitative estimate of drug-likeness (QED) is 0.393. The van der Waals surface area contributed by atoms with Gasteiger partial charge in [-0.3, -0.25) is 9.59 Å². The number of hydrogen-bond acceptors (Lipinski definition) is 8. The van der Waals surface area contributed by atoms with Gasteiger partial charge in [-0.25, -0.2) is 9.67 Å². The van der Waals surface area contributed by atoms with Gasteiger partial charge in [-0.2, -0.15) is 5.10 Å². The number of aromatic nitrogens is 3. The number of thiazole rings is 1. The Hall–Kier alpha value is -3.50. The van der Waals surface area contributed by atoms with Gasteiger partial charge in [0.15, 0.2) is 11.5 Å². The van der Waals surface area contributed by atoms with Gasteiger partial charge in [-0.1, -0.05) is 6.07 Å². The minimum Gasteiger partial charge on any atom is -0.493 e. The van der Waals surface area contributed by atoms with E-state index in [9.17, 15) is 9.59 Å². The summed E-state index contributed by atoms with van der Waals surface area (Å²) in [5, 5.41) is 11.9. The van der Waals surface area contributed by atoms with Gasteiger partial charge in [-0.15, -0.1) is 22.7 Å². The number of hydrogen-bond donors (Lipinski definition) is 1. The highest BCUT2D eigenvalue weighted by Gasteiger charge is 2.11. The van der Waals surface area contributed by atoms with Gasteiger partial charge in [0, 0.05) is 30.0 Å². The summed E-state index contributed by atoms with van der Waals surface area (Å²) in [4.78, 5) is 30.0. The summed E-state index contributed by atoms with van der Waals surface area (Å²) < 4.78 is 11.8. The molecular formula is C23H22N4O4S2. The number of nitrogens with zero attached hydrogens (tertiary/aromatic N) is 3. The standard InChI is InChI=1S/C23H22N4O4S2/c1-30-18-7-5-15(12-19(18)31-2)23-25-16(14-33-23)9-10-24-21(28)13-27-22(29)8-6-17(26-27)20-4-3-11-32-20/h3-8,11-12,14H,9-10,13H2,1-2H3,(H,24,28). The zero-order valence-electron chi connectivity index (χ0n) is 18.1. The Balaban J connectivity index is 1.33. The number of methoxy groups -OCH3 is 2. The van der Waals surface area contributed by atoms with E-state index in [1.165, 1.54) is 33.4 Å². The average Bonchev–Trinajstić information content (AvgIpc) is 3.53. The van der Waals surface area contributed by atoms with Gasteiger partial charge in [0.25, 0.3) is 5.56 Å². The predicted octanol–water partition coefficient (Wildman–Crippen LogP) is 3.47. The van der Waals surface area contributed by atoms with Crippen LogP contribution in [0.3, 0.4) is 0 Å². The number of thiophene rings is 1. The van der Waals surface area contributed by atoms with E-state index >= 15 is 0 Å². The predicted molar refractivity (Wildman–Crippen MR) is 129 cm³/mol. The monoisotopic (exact) mass is 482 g/mol. The highest BCUT2D eigenvalue weighted by atomic mass is 32.1. The molecule has 0 spiro atoms. The molecule has 0 bridgehead atoms. The lowest BCUT2D eigenvalue weighted by atomic mass is 10.2. The first-order valence-electron chi connectivity index (χ1n) is 10.1. The van der Waals surface area contributed by atoms with Crippen LogP contribution in [0, 0.1) is 0 Å². The molecule has 0 radical (unpaired) electrons. The number of nitrogens with one attached hydrogen (secondary N) is 1. The van der Waals surface area contributed by atoms with Crippen molar-refractivity contribution in [2.75, 3.05) is 20.8 Å². The zero-order valence-corrected chi connectivity index (χ0v) is 19.7. The first kappa shape index (κ1) is 22.7. The maximum Gasteiger partial charge on any atom is 0.267 e. The van der Waals surface area contributed by atoms with E-state index in [0.29, 0.717) is 30.2 Å². The number of benzene rings is 1. The van der Waals surface area contributed by atoms with E-state index in [2.05, 4.69) is 15.4 Å². The van der Waals surface area contributed by atoms with E-state index in [-0.39, 0.29) is 18.0 Å². The molecule has 0 aliphatic carbocycles. The lowest BCUT2D eigenvalue weighted by Gasteiger charge is -2.08. The van der Waals surface area contributed by atoms with E-state index in [1.54, 1.807) is 20.3 Å². The Morgan fingerprint density at radius 3 is 2.70 bits per heavy atom. The first-order chi connectivity index (χ1) is 16.1. The molecule has 0 atom stereocenters. The summed E-state index contributed by atoms with van der Waals surface area (Å²) in [5.41, 5.74) is 2.16. The second-order valence-corrected chi connectivity index (χ2v) is 8.81. The van der Waals surface area contributed by atoms with Gasteiger partial charge >= 0.3 is 0 Å². The second kappa shape index (κ2) is 10.4. The minimum atomic E-state index is -0.315. The molecule has 3 heterocycles. The third kappa shape index (κ3) is 5.47. The van der Waals surface area contributed by atoms with Gasteiger partial charge in [-0.05, 0) is 35.7 Å². The molecule has 1 N–H and O–H groups in total. The Morgan fingerprint density at radius 2 is 1.94 bits per heavy atom.